The lowest BCUT2D eigenvalue weighted by molar-refractivity contribution is 1.47. The zero-order valence-corrected chi connectivity index (χ0v) is 19.1. The van der Waals surface area contributed by atoms with Crippen LogP contribution in [0.5, 0.6) is 0 Å². The Morgan fingerprint density at radius 3 is 0.839 bits per heavy atom. The van der Waals surface area contributed by atoms with Gasteiger partial charge in [0.2, 0.25) is 13.4 Å². The van der Waals surface area contributed by atoms with Gasteiger partial charge < -0.3 is 0 Å². The Hall–Kier alpha value is -2.99. The highest BCUT2D eigenvalue weighted by Crippen LogP contribution is 2.11. The molecule has 0 saturated heterocycles. The lowest BCUT2D eigenvalue weighted by atomic mass is 9.21. The lowest BCUT2D eigenvalue weighted by Crippen LogP contribution is -2.54. The van der Waals surface area contributed by atoms with E-state index in [9.17, 15) is 0 Å². The highest BCUT2D eigenvalue weighted by Gasteiger charge is 2.31. The number of hydrogen-bond donors (Lipinski definition) is 0. The molecule has 0 nitrogen and oxygen atoms in total. The summed E-state index contributed by atoms with van der Waals surface area (Å²) in [6.07, 6.45) is 1.05. The molecule has 0 heterocycles. The summed E-state index contributed by atoms with van der Waals surface area (Å²) in [5, 5.41) is 0. The number of hydrogen-bond acceptors (Lipinski definition) is 0. The fourth-order valence-electron chi connectivity index (χ4n) is 4.99. The Labute approximate surface area is 188 Å². The predicted molar refractivity (Wildman–Crippen MR) is 140 cm³/mol. The molecular weight excluding hydrogens is 370 g/mol. The fourth-order valence-corrected chi connectivity index (χ4v) is 4.99. The summed E-state index contributed by atoms with van der Waals surface area (Å²) in [5.74, 6) is 0. The predicted octanol–water partition coefficient (Wildman–Crippen LogP) is 4.38. The van der Waals surface area contributed by atoms with Crippen molar-refractivity contribution in [2.75, 3.05) is 0 Å². The highest BCUT2D eigenvalue weighted by molar-refractivity contribution is 7.01. The van der Waals surface area contributed by atoms with Gasteiger partial charge in [-0.1, -0.05) is 147 Å². The van der Waals surface area contributed by atoms with Crippen molar-refractivity contribution in [2.24, 2.45) is 0 Å². The normalized spacial score (nSPS) is 10.7. The molecule has 0 aromatic heterocycles. The molecule has 0 spiro atoms. The standard InChI is InChI=1S/C29H30B2/c1-22-13-5-9-17-26(22)30(27-18-10-6-14-23(27)2)21-31(28-19-11-7-15-24(28)3)29-20-12-8-16-25(29)4/h5-20H,21H2,1-4H3. The lowest BCUT2D eigenvalue weighted by Gasteiger charge is -2.25. The van der Waals surface area contributed by atoms with Crippen LogP contribution in [0.15, 0.2) is 97.1 Å². The van der Waals surface area contributed by atoms with Gasteiger partial charge in [0.25, 0.3) is 0 Å². The molecule has 4 rings (SSSR count). The van der Waals surface area contributed by atoms with Gasteiger partial charge in [0.05, 0.1) is 0 Å². The Balaban J connectivity index is 1.89. The molecule has 0 fully saturated rings. The molecule has 0 amide bonds. The summed E-state index contributed by atoms with van der Waals surface area (Å²) in [5.41, 5.74) is 11.2. The van der Waals surface area contributed by atoms with E-state index in [2.05, 4.69) is 125 Å². The van der Waals surface area contributed by atoms with E-state index >= 15 is 0 Å². The van der Waals surface area contributed by atoms with Gasteiger partial charge in [-0.2, -0.15) is 0 Å². The molecule has 152 valence electrons. The zero-order chi connectivity index (χ0) is 21.8. The van der Waals surface area contributed by atoms with Crippen LogP contribution < -0.4 is 21.9 Å². The molecule has 0 aliphatic rings. The molecule has 4 aromatic rings. The second-order valence-electron chi connectivity index (χ2n) is 8.77. The third-order valence-corrected chi connectivity index (χ3v) is 6.73. The average molecular weight is 400 g/mol. The second kappa shape index (κ2) is 9.43. The molecule has 4 aromatic carbocycles. The summed E-state index contributed by atoms with van der Waals surface area (Å²) < 4.78 is 0. The van der Waals surface area contributed by atoms with Crippen molar-refractivity contribution in [3.63, 3.8) is 0 Å². The van der Waals surface area contributed by atoms with Crippen molar-refractivity contribution in [1.82, 2.24) is 0 Å². The number of aryl methyl sites for hydroxylation is 4. The first-order valence-electron chi connectivity index (χ1n) is 11.3. The van der Waals surface area contributed by atoms with E-state index in [1.54, 1.807) is 0 Å². The maximum absolute atomic E-state index is 2.32. The van der Waals surface area contributed by atoms with Crippen LogP contribution in [0.2, 0.25) is 6.22 Å². The van der Waals surface area contributed by atoms with Gasteiger partial charge in [0.15, 0.2) is 0 Å². The van der Waals surface area contributed by atoms with Crippen LogP contribution in [0, 0.1) is 27.7 Å². The molecule has 0 N–H and O–H groups in total. The third-order valence-electron chi connectivity index (χ3n) is 6.73. The van der Waals surface area contributed by atoms with Gasteiger partial charge in [0, 0.05) is 0 Å². The molecule has 0 saturated carbocycles. The molecule has 0 radical (unpaired) electrons. The minimum Gasteiger partial charge on any atom is -0.0774 e. The van der Waals surface area contributed by atoms with E-state index < -0.39 is 0 Å². The van der Waals surface area contributed by atoms with E-state index in [1.165, 1.54) is 44.1 Å². The number of benzene rings is 4. The SMILES string of the molecule is Cc1ccccc1B(CB(c1ccccc1C)c1ccccc1C)c1ccccc1C. The Morgan fingerprint density at radius 2 is 0.613 bits per heavy atom. The summed E-state index contributed by atoms with van der Waals surface area (Å²) >= 11 is 0. The number of rotatable bonds is 6. The molecular formula is C29H30B2. The average Bonchev–Trinajstić information content (AvgIpc) is 2.78. The van der Waals surface area contributed by atoms with Crippen molar-refractivity contribution in [2.45, 2.75) is 33.9 Å². The molecule has 0 aliphatic heterocycles. The maximum Gasteiger partial charge on any atom is 0.203 e. The van der Waals surface area contributed by atoms with Crippen molar-refractivity contribution in [3.8, 4) is 0 Å². The first-order chi connectivity index (χ1) is 15.1. The molecule has 0 atom stereocenters. The van der Waals surface area contributed by atoms with E-state index in [0.717, 1.165) is 6.22 Å². The topological polar surface area (TPSA) is 0 Å². The van der Waals surface area contributed by atoms with Crippen LogP contribution in [-0.4, -0.2) is 13.4 Å². The van der Waals surface area contributed by atoms with Crippen molar-refractivity contribution in [3.05, 3.63) is 119 Å². The smallest absolute Gasteiger partial charge is 0.0774 e. The van der Waals surface area contributed by atoms with Crippen LogP contribution in [0.4, 0.5) is 0 Å². The summed E-state index contributed by atoms with van der Waals surface area (Å²) in [7, 11) is 0. The monoisotopic (exact) mass is 400 g/mol. The van der Waals surface area contributed by atoms with Gasteiger partial charge >= 0.3 is 0 Å². The van der Waals surface area contributed by atoms with Crippen molar-refractivity contribution in [1.29, 1.82) is 0 Å². The van der Waals surface area contributed by atoms with Gasteiger partial charge in [-0.05, 0) is 27.7 Å². The Bertz CT molecular complexity index is 994. The Kier molecular flexibility index (Phi) is 6.47. The molecule has 0 aliphatic carbocycles. The summed E-state index contributed by atoms with van der Waals surface area (Å²) in [4.78, 5) is 0. The van der Waals surface area contributed by atoms with Crippen LogP contribution >= 0.6 is 0 Å². The minimum absolute atomic E-state index is 0.339. The molecule has 31 heavy (non-hydrogen) atoms. The van der Waals surface area contributed by atoms with Gasteiger partial charge in [-0.15, -0.1) is 0 Å². The molecule has 2 heteroatoms. The maximum atomic E-state index is 2.32. The van der Waals surface area contributed by atoms with Gasteiger partial charge in [0.1, 0.15) is 0 Å². The minimum atomic E-state index is 0.339. The largest absolute Gasteiger partial charge is 0.203 e. The van der Waals surface area contributed by atoms with E-state index in [1.807, 2.05) is 0 Å². The van der Waals surface area contributed by atoms with Crippen molar-refractivity contribution >= 4 is 35.3 Å². The van der Waals surface area contributed by atoms with E-state index in [-0.39, 0.29) is 0 Å². The quantitative estimate of drug-likeness (QED) is 0.422. The highest BCUT2D eigenvalue weighted by atomic mass is 14.0. The van der Waals surface area contributed by atoms with E-state index in [0.29, 0.717) is 13.4 Å². The van der Waals surface area contributed by atoms with Crippen LogP contribution in [0.1, 0.15) is 22.3 Å². The molecule has 0 bridgehead atoms. The van der Waals surface area contributed by atoms with Crippen LogP contribution in [0.25, 0.3) is 0 Å². The fraction of sp³-hybridized carbons (Fsp3) is 0.172. The molecule has 0 unspecified atom stereocenters. The van der Waals surface area contributed by atoms with Crippen LogP contribution in [0.3, 0.4) is 0 Å². The zero-order valence-electron chi connectivity index (χ0n) is 19.1. The van der Waals surface area contributed by atoms with Gasteiger partial charge in [-0.3, -0.25) is 0 Å². The first-order valence-corrected chi connectivity index (χ1v) is 11.3. The summed E-state index contributed by atoms with van der Waals surface area (Å²) in [6.45, 7) is 9.67. The summed E-state index contributed by atoms with van der Waals surface area (Å²) in [6, 6.07) is 35.6. The first kappa shape index (κ1) is 21.2. The third kappa shape index (κ3) is 4.54. The Morgan fingerprint density at radius 1 is 0.387 bits per heavy atom. The van der Waals surface area contributed by atoms with E-state index in [4.69, 9.17) is 0 Å². The van der Waals surface area contributed by atoms with Crippen LogP contribution in [-0.2, 0) is 0 Å². The van der Waals surface area contributed by atoms with Gasteiger partial charge in [-0.25, -0.2) is 0 Å². The van der Waals surface area contributed by atoms with Crippen molar-refractivity contribution < 1.29 is 0 Å². The second-order valence-corrected chi connectivity index (χ2v) is 8.77.